The van der Waals surface area contributed by atoms with Crippen LogP contribution >= 0.6 is 27.7 Å². The zero-order valence-corrected chi connectivity index (χ0v) is 10.5. The molecule has 0 spiro atoms. The van der Waals surface area contributed by atoms with Gasteiger partial charge in [-0.25, -0.2) is 15.0 Å². The third-order valence-corrected chi connectivity index (χ3v) is 2.87. The molecule has 16 heavy (non-hydrogen) atoms. The third-order valence-electron chi connectivity index (χ3n) is 1.63. The molecule has 5 nitrogen and oxygen atoms in total. The lowest BCUT2D eigenvalue weighted by Gasteiger charge is -2.02. The van der Waals surface area contributed by atoms with E-state index in [1.54, 1.807) is 0 Å². The first kappa shape index (κ1) is 11.2. The van der Waals surface area contributed by atoms with Gasteiger partial charge in [0.15, 0.2) is 5.16 Å². The summed E-state index contributed by atoms with van der Waals surface area (Å²) < 4.78 is 0.759. The van der Waals surface area contributed by atoms with Crippen molar-refractivity contribution in [2.24, 2.45) is 0 Å². The lowest BCUT2D eigenvalue weighted by atomic mass is 10.5. The van der Waals surface area contributed by atoms with Crippen LogP contribution in [0.3, 0.4) is 0 Å². The smallest absolute Gasteiger partial charge is 0.197 e. The summed E-state index contributed by atoms with van der Waals surface area (Å²) in [5, 5.41) is 1.27. The molecule has 2 aromatic heterocycles. The number of pyridine rings is 1. The molecule has 0 aliphatic rings. The molecule has 0 saturated carbocycles. The van der Waals surface area contributed by atoms with E-state index in [2.05, 4.69) is 30.9 Å². The number of anilines is 2. The Morgan fingerprint density at radius 1 is 1.06 bits per heavy atom. The van der Waals surface area contributed by atoms with Gasteiger partial charge in [0.25, 0.3) is 0 Å². The SMILES string of the molecule is Nc1cc(N)nc(Sc2cccc(Br)n2)n1. The molecule has 0 atom stereocenters. The highest BCUT2D eigenvalue weighted by Gasteiger charge is 2.04. The van der Waals surface area contributed by atoms with Gasteiger partial charge in [0, 0.05) is 6.07 Å². The Morgan fingerprint density at radius 2 is 1.75 bits per heavy atom. The predicted molar refractivity (Wildman–Crippen MR) is 66.9 cm³/mol. The van der Waals surface area contributed by atoms with Gasteiger partial charge in [-0.05, 0) is 39.8 Å². The van der Waals surface area contributed by atoms with Crippen molar-refractivity contribution in [1.29, 1.82) is 0 Å². The summed E-state index contributed by atoms with van der Waals surface area (Å²) in [6.45, 7) is 0. The molecular weight excluding hydrogens is 290 g/mol. The van der Waals surface area contributed by atoms with Crippen molar-refractivity contribution in [3.8, 4) is 0 Å². The fraction of sp³-hybridized carbons (Fsp3) is 0. The van der Waals surface area contributed by atoms with Crippen LogP contribution in [0.5, 0.6) is 0 Å². The average molecular weight is 298 g/mol. The van der Waals surface area contributed by atoms with Crippen molar-refractivity contribution in [3.63, 3.8) is 0 Å². The van der Waals surface area contributed by atoms with Crippen molar-refractivity contribution in [3.05, 3.63) is 28.9 Å². The van der Waals surface area contributed by atoms with Crippen LogP contribution in [0.15, 0.2) is 39.1 Å². The quantitative estimate of drug-likeness (QED) is 0.650. The Hall–Kier alpha value is -1.34. The van der Waals surface area contributed by atoms with Gasteiger partial charge in [0.1, 0.15) is 21.3 Å². The van der Waals surface area contributed by atoms with E-state index in [1.165, 1.54) is 17.8 Å². The minimum atomic E-state index is 0.352. The number of nitrogens with zero attached hydrogens (tertiary/aromatic N) is 3. The van der Waals surface area contributed by atoms with E-state index >= 15 is 0 Å². The number of halogens is 1. The first-order chi connectivity index (χ1) is 7.63. The maximum absolute atomic E-state index is 5.57. The molecule has 0 bridgehead atoms. The zero-order valence-electron chi connectivity index (χ0n) is 8.09. The Kier molecular flexibility index (Phi) is 3.25. The van der Waals surface area contributed by atoms with E-state index in [0.29, 0.717) is 16.8 Å². The minimum absolute atomic E-state index is 0.352. The van der Waals surface area contributed by atoms with Crippen LogP contribution < -0.4 is 11.5 Å². The van der Waals surface area contributed by atoms with E-state index in [4.69, 9.17) is 11.5 Å². The van der Waals surface area contributed by atoms with Gasteiger partial charge >= 0.3 is 0 Å². The average Bonchev–Trinajstić information content (AvgIpc) is 2.15. The Balaban J connectivity index is 2.27. The second kappa shape index (κ2) is 4.67. The van der Waals surface area contributed by atoms with Crippen molar-refractivity contribution in [1.82, 2.24) is 15.0 Å². The Morgan fingerprint density at radius 3 is 2.38 bits per heavy atom. The summed E-state index contributed by atoms with van der Waals surface area (Å²) >= 11 is 4.60. The molecule has 0 fully saturated rings. The summed E-state index contributed by atoms with van der Waals surface area (Å²) in [6.07, 6.45) is 0. The second-order valence-electron chi connectivity index (χ2n) is 2.90. The van der Waals surface area contributed by atoms with E-state index < -0.39 is 0 Å². The first-order valence-corrected chi connectivity index (χ1v) is 5.95. The normalized spacial score (nSPS) is 10.3. The van der Waals surface area contributed by atoms with Crippen LogP contribution in [0.2, 0.25) is 0 Å². The third kappa shape index (κ3) is 2.83. The fourth-order valence-electron chi connectivity index (χ4n) is 1.05. The van der Waals surface area contributed by atoms with E-state index in [0.717, 1.165) is 9.63 Å². The molecule has 2 aromatic rings. The summed E-state index contributed by atoms with van der Waals surface area (Å²) in [7, 11) is 0. The highest BCUT2D eigenvalue weighted by Crippen LogP contribution is 2.25. The molecule has 7 heteroatoms. The number of hydrogen-bond acceptors (Lipinski definition) is 6. The van der Waals surface area contributed by atoms with Gasteiger partial charge in [-0.2, -0.15) is 0 Å². The number of aromatic nitrogens is 3. The number of nitrogen functional groups attached to an aromatic ring is 2. The summed E-state index contributed by atoms with van der Waals surface area (Å²) in [5.41, 5.74) is 11.1. The molecule has 2 rings (SSSR count). The van der Waals surface area contributed by atoms with Crippen LogP contribution in [0.4, 0.5) is 11.6 Å². The molecule has 0 unspecified atom stereocenters. The zero-order chi connectivity index (χ0) is 11.5. The number of hydrogen-bond donors (Lipinski definition) is 2. The van der Waals surface area contributed by atoms with Crippen molar-refractivity contribution < 1.29 is 0 Å². The topological polar surface area (TPSA) is 90.7 Å². The minimum Gasteiger partial charge on any atom is -0.383 e. The molecule has 0 aromatic carbocycles. The predicted octanol–water partition coefficient (Wildman–Crippen LogP) is 1.95. The van der Waals surface area contributed by atoms with Gasteiger partial charge < -0.3 is 11.5 Å². The molecule has 2 heterocycles. The van der Waals surface area contributed by atoms with Crippen LogP contribution in [0.25, 0.3) is 0 Å². The summed E-state index contributed by atoms with van der Waals surface area (Å²) in [6, 6.07) is 7.10. The van der Waals surface area contributed by atoms with Gasteiger partial charge in [0.2, 0.25) is 0 Å². The highest BCUT2D eigenvalue weighted by molar-refractivity contribution is 9.10. The van der Waals surface area contributed by atoms with Gasteiger partial charge in [-0.15, -0.1) is 0 Å². The van der Waals surface area contributed by atoms with Crippen LogP contribution in [-0.4, -0.2) is 15.0 Å². The highest BCUT2D eigenvalue weighted by atomic mass is 79.9. The Labute approximate surface area is 105 Å². The van der Waals surface area contributed by atoms with Crippen LogP contribution in [-0.2, 0) is 0 Å². The van der Waals surface area contributed by atoms with Gasteiger partial charge in [-0.3, -0.25) is 0 Å². The lowest BCUT2D eigenvalue weighted by molar-refractivity contribution is 0.975. The van der Waals surface area contributed by atoms with Crippen LogP contribution in [0, 0.1) is 0 Å². The van der Waals surface area contributed by atoms with Crippen molar-refractivity contribution in [2.45, 2.75) is 10.2 Å². The monoisotopic (exact) mass is 297 g/mol. The van der Waals surface area contributed by atoms with Crippen LogP contribution in [0.1, 0.15) is 0 Å². The van der Waals surface area contributed by atoms with Crippen molar-refractivity contribution >= 4 is 39.3 Å². The van der Waals surface area contributed by atoms with E-state index in [1.807, 2.05) is 18.2 Å². The van der Waals surface area contributed by atoms with Crippen molar-refractivity contribution in [2.75, 3.05) is 11.5 Å². The number of nitrogens with two attached hydrogens (primary N) is 2. The molecule has 0 aliphatic carbocycles. The largest absolute Gasteiger partial charge is 0.383 e. The molecule has 0 saturated heterocycles. The van der Waals surface area contributed by atoms with Gasteiger partial charge in [-0.1, -0.05) is 6.07 Å². The fourth-order valence-corrected chi connectivity index (χ4v) is 2.29. The second-order valence-corrected chi connectivity index (χ2v) is 4.70. The standard InChI is InChI=1S/C9H8BrN5S/c10-5-2-1-3-8(13-5)16-9-14-6(11)4-7(12)15-9/h1-4H,(H4,11,12,14,15). The van der Waals surface area contributed by atoms with E-state index in [9.17, 15) is 0 Å². The van der Waals surface area contributed by atoms with E-state index in [-0.39, 0.29) is 0 Å². The summed E-state index contributed by atoms with van der Waals surface area (Å²) in [5.74, 6) is 0.704. The molecular formula is C9H8BrN5S. The Bertz CT molecular complexity index is 499. The number of rotatable bonds is 2. The molecule has 0 aliphatic heterocycles. The maximum atomic E-state index is 5.57. The molecule has 0 amide bonds. The first-order valence-electron chi connectivity index (χ1n) is 4.34. The van der Waals surface area contributed by atoms with Gasteiger partial charge in [0.05, 0.1) is 0 Å². The molecule has 0 radical (unpaired) electrons. The summed E-state index contributed by atoms with van der Waals surface area (Å²) in [4.78, 5) is 12.4. The molecule has 4 N–H and O–H groups in total. The lowest BCUT2D eigenvalue weighted by Crippen LogP contribution is -1.99. The maximum Gasteiger partial charge on any atom is 0.197 e. The molecule has 82 valence electrons.